The van der Waals surface area contributed by atoms with Crippen LogP contribution < -0.4 is 5.32 Å². The quantitative estimate of drug-likeness (QED) is 0.724. The van der Waals surface area contributed by atoms with E-state index in [1.807, 2.05) is 6.20 Å². The van der Waals surface area contributed by atoms with Crippen LogP contribution in [0.5, 0.6) is 0 Å². The van der Waals surface area contributed by atoms with Crippen molar-refractivity contribution in [3.63, 3.8) is 0 Å². The average Bonchev–Trinajstić information content (AvgIpc) is 2.89. The van der Waals surface area contributed by atoms with E-state index in [1.54, 1.807) is 0 Å². The largest absolute Gasteiger partial charge is 0.314 e. The van der Waals surface area contributed by atoms with Gasteiger partial charge in [0.15, 0.2) is 0 Å². The topological polar surface area (TPSA) is 44.0 Å². The van der Waals surface area contributed by atoms with Gasteiger partial charge < -0.3 is 10.2 Å². The highest BCUT2D eigenvalue weighted by Crippen LogP contribution is 2.20. The Morgan fingerprint density at radius 1 is 1.52 bits per heavy atom. The number of hydrogen-bond acceptors (Lipinski definition) is 3. The predicted molar refractivity (Wildman–Crippen MR) is 88.6 cm³/mol. The van der Waals surface area contributed by atoms with Crippen LogP contribution in [-0.2, 0) is 6.42 Å². The Hall–Kier alpha value is -0.870. The zero-order valence-electron chi connectivity index (χ0n) is 14.0. The van der Waals surface area contributed by atoms with Crippen molar-refractivity contribution in [1.82, 2.24) is 20.4 Å². The average molecular weight is 292 g/mol. The minimum atomic E-state index is 0.634. The Bertz CT molecular complexity index is 399. The lowest BCUT2D eigenvalue weighted by atomic mass is 9.91. The monoisotopic (exact) mass is 292 g/mol. The van der Waals surface area contributed by atoms with Crippen molar-refractivity contribution in [3.8, 4) is 0 Å². The van der Waals surface area contributed by atoms with Crippen LogP contribution >= 0.6 is 0 Å². The third kappa shape index (κ3) is 5.11. The van der Waals surface area contributed by atoms with Crippen molar-refractivity contribution >= 4 is 0 Å². The lowest BCUT2D eigenvalue weighted by Crippen LogP contribution is -2.44. The highest BCUT2D eigenvalue weighted by molar-refractivity contribution is 5.14. The maximum atomic E-state index is 4.08. The van der Waals surface area contributed by atoms with Crippen molar-refractivity contribution in [2.24, 2.45) is 5.92 Å². The predicted octanol–water partition coefficient (Wildman–Crippen LogP) is 2.75. The van der Waals surface area contributed by atoms with Crippen LogP contribution in [0.3, 0.4) is 0 Å². The minimum Gasteiger partial charge on any atom is -0.314 e. The highest BCUT2D eigenvalue weighted by Gasteiger charge is 2.23. The van der Waals surface area contributed by atoms with Gasteiger partial charge in [0.25, 0.3) is 0 Å². The third-order valence-corrected chi connectivity index (χ3v) is 4.81. The maximum Gasteiger partial charge on any atom is 0.0522 e. The fourth-order valence-corrected chi connectivity index (χ4v) is 3.42. The number of nitrogens with zero attached hydrogens (tertiary/aromatic N) is 2. The molecule has 0 aromatic carbocycles. The summed E-state index contributed by atoms with van der Waals surface area (Å²) in [5.74, 6) is 0.820. The summed E-state index contributed by atoms with van der Waals surface area (Å²) in [6.45, 7) is 11.7. The summed E-state index contributed by atoms with van der Waals surface area (Å²) in [6.07, 6.45) is 8.30. The zero-order chi connectivity index (χ0) is 15.1. The van der Waals surface area contributed by atoms with Gasteiger partial charge in [-0.05, 0) is 77.1 Å². The highest BCUT2D eigenvalue weighted by atomic mass is 15.1. The lowest BCUT2D eigenvalue weighted by Gasteiger charge is -2.36. The summed E-state index contributed by atoms with van der Waals surface area (Å²) < 4.78 is 0. The van der Waals surface area contributed by atoms with Gasteiger partial charge in [-0.2, -0.15) is 5.10 Å². The van der Waals surface area contributed by atoms with Crippen LogP contribution in [0.25, 0.3) is 0 Å². The molecule has 0 radical (unpaired) electrons. The van der Waals surface area contributed by atoms with Crippen molar-refractivity contribution in [1.29, 1.82) is 0 Å². The number of aromatic nitrogens is 2. The molecule has 2 heterocycles. The molecule has 2 atom stereocenters. The van der Waals surface area contributed by atoms with E-state index < -0.39 is 0 Å². The molecule has 1 aromatic rings. The van der Waals surface area contributed by atoms with E-state index in [-0.39, 0.29) is 0 Å². The number of likely N-dealkylation sites (tertiary alicyclic amines) is 1. The van der Waals surface area contributed by atoms with Crippen LogP contribution in [0.1, 0.15) is 50.8 Å². The zero-order valence-corrected chi connectivity index (χ0v) is 14.0. The SMILES string of the molecule is CCCN1CCCC(C(C)NCCCc2cn[nH]c2C)C1. The summed E-state index contributed by atoms with van der Waals surface area (Å²) in [5.41, 5.74) is 2.57. The van der Waals surface area contributed by atoms with Crippen molar-refractivity contribution in [2.75, 3.05) is 26.2 Å². The van der Waals surface area contributed by atoms with Crippen LogP contribution in [0.15, 0.2) is 6.20 Å². The van der Waals surface area contributed by atoms with Gasteiger partial charge in [-0.15, -0.1) is 0 Å². The second-order valence-electron chi connectivity index (χ2n) is 6.57. The van der Waals surface area contributed by atoms with Gasteiger partial charge in [0.1, 0.15) is 0 Å². The van der Waals surface area contributed by atoms with Crippen molar-refractivity contribution < 1.29 is 0 Å². The van der Waals surface area contributed by atoms with Gasteiger partial charge in [-0.1, -0.05) is 6.92 Å². The van der Waals surface area contributed by atoms with Crippen LogP contribution in [0, 0.1) is 12.8 Å². The first-order valence-corrected chi connectivity index (χ1v) is 8.65. The first kappa shape index (κ1) is 16.5. The molecule has 2 unspecified atom stereocenters. The molecule has 120 valence electrons. The van der Waals surface area contributed by atoms with E-state index in [9.17, 15) is 0 Å². The number of hydrogen-bond donors (Lipinski definition) is 2. The molecule has 1 aliphatic rings. The van der Waals surface area contributed by atoms with E-state index in [0.717, 1.165) is 18.9 Å². The number of rotatable bonds is 8. The number of piperidine rings is 1. The molecule has 4 nitrogen and oxygen atoms in total. The molecule has 0 spiro atoms. The van der Waals surface area contributed by atoms with Crippen LogP contribution in [0.4, 0.5) is 0 Å². The molecule has 0 aliphatic carbocycles. The van der Waals surface area contributed by atoms with Crippen LogP contribution in [0.2, 0.25) is 0 Å². The van der Waals surface area contributed by atoms with Crippen molar-refractivity contribution in [3.05, 3.63) is 17.5 Å². The Balaban J connectivity index is 1.64. The molecular formula is C17H32N4. The van der Waals surface area contributed by atoms with Gasteiger partial charge in [0, 0.05) is 18.3 Å². The summed E-state index contributed by atoms with van der Waals surface area (Å²) in [4.78, 5) is 2.64. The number of nitrogens with one attached hydrogen (secondary N) is 2. The second-order valence-corrected chi connectivity index (χ2v) is 6.57. The van der Waals surface area contributed by atoms with Gasteiger partial charge >= 0.3 is 0 Å². The number of aromatic amines is 1. The van der Waals surface area contributed by atoms with E-state index in [2.05, 4.69) is 41.2 Å². The fraction of sp³-hybridized carbons (Fsp3) is 0.824. The first-order valence-electron chi connectivity index (χ1n) is 8.65. The minimum absolute atomic E-state index is 0.634. The molecule has 0 saturated carbocycles. The lowest BCUT2D eigenvalue weighted by molar-refractivity contribution is 0.151. The Morgan fingerprint density at radius 3 is 3.10 bits per heavy atom. The van der Waals surface area contributed by atoms with Crippen LogP contribution in [-0.4, -0.2) is 47.3 Å². The van der Waals surface area contributed by atoms with E-state index in [0.29, 0.717) is 6.04 Å². The molecule has 0 bridgehead atoms. The van der Waals surface area contributed by atoms with E-state index >= 15 is 0 Å². The summed E-state index contributed by atoms with van der Waals surface area (Å²) in [6, 6.07) is 0.634. The Kier molecular flexibility index (Phi) is 6.71. The summed E-state index contributed by atoms with van der Waals surface area (Å²) >= 11 is 0. The van der Waals surface area contributed by atoms with Gasteiger partial charge in [0.2, 0.25) is 0 Å². The third-order valence-electron chi connectivity index (χ3n) is 4.81. The van der Waals surface area contributed by atoms with Gasteiger partial charge in [-0.25, -0.2) is 0 Å². The Morgan fingerprint density at radius 2 is 2.38 bits per heavy atom. The molecule has 21 heavy (non-hydrogen) atoms. The van der Waals surface area contributed by atoms with Gasteiger partial charge in [0.05, 0.1) is 6.20 Å². The first-order chi connectivity index (χ1) is 10.2. The number of aryl methyl sites for hydroxylation is 2. The molecule has 4 heteroatoms. The van der Waals surface area contributed by atoms with Crippen molar-refractivity contribution in [2.45, 2.75) is 58.9 Å². The van der Waals surface area contributed by atoms with E-state index in [4.69, 9.17) is 0 Å². The molecule has 2 rings (SSSR count). The Labute approximate surface area is 129 Å². The molecule has 0 amide bonds. The molecule has 1 aromatic heterocycles. The summed E-state index contributed by atoms with van der Waals surface area (Å²) in [5, 5.41) is 10.8. The molecule has 1 saturated heterocycles. The number of H-pyrrole nitrogens is 1. The smallest absolute Gasteiger partial charge is 0.0522 e. The van der Waals surface area contributed by atoms with E-state index in [1.165, 1.54) is 56.6 Å². The standard InChI is InChI=1S/C17H32N4/c1-4-10-21-11-6-8-17(13-21)14(2)18-9-5-7-16-12-19-20-15(16)3/h12,14,17-18H,4-11,13H2,1-3H3,(H,19,20). The maximum absolute atomic E-state index is 4.08. The normalized spacial score (nSPS) is 21.6. The summed E-state index contributed by atoms with van der Waals surface area (Å²) in [7, 11) is 0. The molecule has 2 N–H and O–H groups in total. The second kappa shape index (κ2) is 8.54. The fourth-order valence-electron chi connectivity index (χ4n) is 3.42. The molecule has 1 fully saturated rings. The molecular weight excluding hydrogens is 260 g/mol. The molecule has 1 aliphatic heterocycles. The van der Waals surface area contributed by atoms with Gasteiger partial charge in [-0.3, -0.25) is 5.10 Å².